The summed E-state index contributed by atoms with van der Waals surface area (Å²) in [4.78, 5) is 36.6. The number of ketones is 1. The molecule has 2 amide bonds. The number of phenols is 1. The highest BCUT2D eigenvalue weighted by molar-refractivity contribution is 14.1. The fourth-order valence-electron chi connectivity index (χ4n) is 3.38. The zero-order valence-corrected chi connectivity index (χ0v) is 21.9. The summed E-state index contributed by atoms with van der Waals surface area (Å²) >= 11 is 2.10. The highest BCUT2D eigenvalue weighted by atomic mass is 127. The third kappa shape index (κ3) is 7.32. The summed E-state index contributed by atoms with van der Waals surface area (Å²) in [5.41, 5.74) is 8.15. The second-order valence-corrected chi connectivity index (χ2v) is 9.33. The lowest BCUT2D eigenvalue weighted by Gasteiger charge is -2.24. The Balaban J connectivity index is 1.77. The van der Waals surface area contributed by atoms with E-state index >= 15 is 0 Å². The Labute approximate surface area is 222 Å². The number of benzene rings is 3. The molecule has 0 radical (unpaired) electrons. The van der Waals surface area contributed by atoms with Crippen LogP contribution in [0.1, 0.15) is 35.9 Å². The van der Waals surface area contributed by atoms with E-state index in [-0.39, 0.29) is 11.5 Å². The van der Waals surface area contributed by atoms with E-state index in [1.54, 1.807) is 73.7 Å². The molecule has 0 spiro atoms. The van der Waals surface area contributed by atoms with E-state index in [0.717, 1.165) is 3.57 Å². The van der Waals surface area contributed by atoms with Crippen LogP contribution in [-0.4, -0.2) is 22.9 Å². The Kier molecular flexibility index (Phi) is 9.07. The zero-order chi connectivity index (χ0) is 26.2. The van der Waals surface area contributed by atoms with Crippen molar-refractivity contribution in [3.8, 4) is 5.75 Å². The van der Waals surface area contributed by atoms with Crippen molar-refractivity contribution in [2.75, 3.05) is 16.4 Å². The second kappa shape index (κ2) is 12.2. The number of aromatic hydroxyl groups is 1. The molecular formula is C27H26IN3O5. The molecule has 3 aromatic carbocycles. The van der Waals surface area contributed by atoms with Crippen molar-refractivity contribution in [3.05, 3.63) is 93.6 Å². The first kappa shape index (κ1) is 26.7. The van der Waals surface area contributed by atoms with E-state index in [2.05, 4.69) is 33.2 Å². The topological polar surface area (TPSA) is 131 Å². The first-order valence-electron chi connectivity index (χ1n) is 11.0. The summed E-state index contributed by atoms with van der Waals surface area (Å²) in [6, 6.07) is 18.2. The molecule has 0 aromatic heterocycles. The maximum Gasteiger partial charge on any atom is 0.412 e. The summed E-state index contributed by atoms with van der Waals surface area (Å²) in [5, 5.41) is 15.8. The van der Waals surface area contributed by atoms with Crippen molar-refractivity contribution in [2.45, 2.75) is 20.0 Å². The molecule has 186 valence electrons. The van der Waals surface area contributed by atoms with Gasteiger partial charge in [0.2, 0.25) is 5.91 Å². The van der Waals surface area contributed by atoms with Gasteiger partial charge in [-0.05, 0) is 90.2 Å². The van der Waals surface area contributed by atoms with Crippen LogP contribution in [0.2, 0.25) is 0 Å². The van der Waals surface area contributed by atoms with Gasteiger partial charge in [-0.15, -0.1) is 0 Å². The Morgan fingerprint density at radius 1 is 1.03 bits per heavy atom. The van der Waals surface area contributed by atoms with E-state index in [4.69, 9.17) is 10.5 Å². The minimum Gasteiger partial charge on any atom is -0.508 e. The van der Waals surface area contributed by atoms with Gasteiger partial charge in [0, 0.05) is 26.3 Å². The van der Waals surface area contributed by atoms with Crippen LogP contribution in [0.25, 0.3) is 0 Å². The fraction of sp³-hybridized carbons (Fsp3) is 0.148. The Morgan fingerprint density at radius 3 is 2.39 bits per heavy atom. The molecule has 9 heteroatoms. The van der Waals surface area contributed by atoms with Gasteiger partial charge in [0.05, 0.1) is 11.4 Å². The van der Waals surface area contributed by atoms with Crippen LogP contribution in [0.15, 0.2) is 78.9 Å². The molecule has 3 rings (SSSR count). The van der Waals surface area contributed by atoms with Crippen molar-refractivity contribution in [1.29, 1.82) is 0 Å². The largest absolute Gasteiger partial charge is 0.508 e. The first-order valence-corrected chi connectivity index (χ1v) is 12.1. The minimum atomic E-state index is -0.901. The highest BCUT2D eigenvalue weighted by Crippen LogP contribution is 2.35. The minimum absolute atomic E-state index is 0.0409. The number of Topliss-reactive ketones (excluding diaryl/α,β-unsaturated/α-hetero) is 1. The molecule has 0 fully saturated rings. The lowest BCUT2D eigenvalue weighted by Crippen LogP contribution is -2.22. The number of carbonyl (C=O) groups is 3. The summed E-state index contributed by atoms with van der Waals surface area (Å²) in [7, 11) is 0. The van der Waals surface area contributed by atoms with Crippen molar-refractivity contribution >= 4 is 57.4 Å². The summed E-state index contributed by atoms with van der Waals surface area (Å²) in [5.74, 6) is -1.02. The fourth-order valence-corrected chi connectivity index (χ4v) is 3.90. The number of nitrogens with one attached hydrogen (secondary N) is 2. The van der Waals surface area contributed by atoms with Crippen LogP contribution < -0.4 is 16.4 Å². The van der Waals surface area contributed by atoms with Gasteiger partial charge in [-0.25, -0.2) is 4.79 Å². The van der Waals surface area contributed by atoms with Crippen LogP contribution in [0.4, 0.5) is 21.9 Å². The maximum atomic E-state index is 12.7. The second-order valence-electron chi connectivity index (χ2n) is 8.08. The molecule has 0 aliphatic rings. The summed E-state index contributed by atoms with van der Waals surface area (Å²) in [6.45, 7) is 3.22. The van der Waals surface area contributed by atoms with Crippen LogP contribution in [0.3, 0.4) is 0 Å². The van der Waals surface area contributed by atoms with Crippen LogP contribution in [0.5, 0.6) is 5.75 Å². The van der Waals surface area contributed by atoms with Gasteiger partial charge >= 0.3 is 6.09 Å². The van der Waals surface area contributed by atoms with Crippen LogP contribution in [0, 0.1) is 9.49 Å². The quantitative estimate of drug-likeness (QED) is 0.110. The number of hydrogen-bond donors (Lipinski definition) is 4. The van der Waals surface area contributed by atoms with E-state index < -0.39 is 24.0 Å². The smallest absolute Gasteiger partial charge is 0.412 e. The zero-order valence-electron chi connectivity index (χ0n) is 19.7. The number of nitrogen functional groups attached to an aromatic ring is 1. The Bertz CT molecular complexity index is 1290. The normalized spacial score (nSPS) is 12.5. The van der Waals surface area contributed by atoms with Crippen molar-refractivity contribution in [1.82, 2.24) is 0 Å². The molecule has 36 heavy (non-hydrogen) atoms. The van der Waals surface area contributed by atoms with Crippen molar-refractivity contribution in [3.63, 3.8) is 0 Å². The molecule has 0 saturated carbocycles. The molecule has 0 bridgehead atoms. The van der Waals surface area contributed by atoms with Crippen LogP contribution >= 0.6 is 22.6 Å². The predicted molar refractivity (Wildman–Crippen MR) is 148 cm³/mol. The predicted octanol–water partition coefficient (Wildman–Crippen LogP) is 5.90. The summed E-state index contributed by atoms with van der Waals surface area (Å²) in [6.07, 6.45) is 1.27. The van der Waals surface area contributed by atoms with Crippen LogP contribution in [-0.2, 0) is 9.53 Å². The monoisotopic (exact) mass is 599 g/mol. The number of rotatable bonds is 8. The number of carbonyl (C=O) groups excluding carboxylic acids is 3. The third-order valence-corrected chi connectivity index (χ3v) is 5.99. The molecule has 2 atom stereocenters. The van der Waals surface area contributed by atoms with Gasteiger partial charge < -0.3 is 20.9 Å². The van der Waals surface area contributed by atoms with E-state index in [1.165, 1.54) is 19.1 Å². The number of anilines is 3. The molecule has 0 aliphatic carbocycles. The SMILES string of the molecule is CC(=O)c1ccc(NC(=O)O[C@H](c2cc(I)ccc2O)[C@@H](C)/C=C/C(=O)Nc2ccccc2N)cc1. The highest BCUT2D eigenvalue weighted by Gasteiger charge is 2.25. The molecule has 3 aromatic rings. The molecule has 5 N–H and O–H groups in total. The van der Waals surface area contributed by atoms with E-state index in [9.17, 15) is 19.5 Å². The van der Waals surface area contributed by atoms with Gasteiger partial charge in [-0.2, -0.15) is 0 Å². The lowest BCUT2D eigenvalue weighted by molar-refractivity contribution is -0.111. The number of halogens is 1. The molecular weight excluding hydrogens is 573 g/mol. The standard InChI is InChI=1S/C27H26IN3O5/c1-16(7-14-25(34)31-23-6-4-3-5-22(23)29)26(21-15-19(28)10-13-24(21)33)36-27(35)30-20-11-8-18(9-12-20)17(2)32/h3-16,26,33H,29H2,1-2H3,(H,30,35)(H,31,34)/b14-7+/t16-,26-/m0/s1. The molecule has 0 heterocycles. The molecule has 0 saturated heterocycles. The first-order chi connectivity index (χ1) is 17.1. The number of ether oxygens (including phenoxy) is 1. The number of hydrogen-bond acceptors (Lipinski definition) is 6. The number of amides is 2. The summed E-state index contributed by atoms with van der Waals surface area (Å²) < 4.78 is 6.54. The average Bonchev–Trinajstić information content (AvgIpc) is 2.84. The molecule has 0 unspecified atom stereocenters. The number of para-hydroxylation sites is 2. The van der Waals surface area contributed by atoms with Gasteiger partial charge in [0.15, 0.2) is 5.78 Å². The van der Waals surface area contributed by atoms with Crippen molar-refractivity contribution in [2.24, 2.45) is 5.92 Å². The molecule has 8 nitrogen and oxygen atoms in total. The Hall–Kier alpha value is -3.86. The number of nitrogens with two attached hydrogens (primary N) is 1. The number of phenolic OH excluding ortho intramolecular Hbond substituents is 1. The van der Waals surface area contributed by atoms with E-state index in [0.29, 0.717) is 28.2 Å². The lowest BCUT2D eigenvalue weighted by atomic mass is 9.96. The van der Waals surface area contributed by atoms with Gasteiger partial charge in [-0.3, -0.25) is 14.9 Å². The van der Waals surface area contributed by atoms with Gasteiger partial charge in [0.1, 0.15) is 11.9 Å². The van der Waals surface area contributed by atoms with Gasteiger partial charge in [-0.1, -0.05) is 25.1 Å². The average molecular weight is 599 g/mol. The Morgan fingerprint density at radius 2 is 1.72 bits per heavy atom. The van der Waals surface area contributed by atoms with Crippen molar-refractivity contribution < 1.29 is 24.2 Å². The molecule has 0 aliphatic heterocycles. The third-order valence-electron chi connectivity index (χ3n) is 5.32. The van der Waals surface area contributed by atoms with Gasteiger partial charge in [0.25, 0.3) is 0 Å². The maximum absolute atomic E-state index is 12.7. The van der Waals surface area contributed by atoms with E-state index in [1.807, 2.05) is 0 Å².